The molecule has 0 aromatic heterocycles. The molecule has 0 aliphatic heterocycles. The second kappa shape index (κ2) is 10.1. The fraction of sp³-hybridized carbons (Fsp3) is 0.0455. The van der Waals surface area contributed by atoms with Gasteiger partial charge in [0, 0.05) is 10.6 Å². The molecule has 0 saturated heterocycles. The number of carbonyl (C=O) groups is 3. The summed E-state index contributed by atoms with van der Waals surface area (Å²) in [5.41, 5.74) is 0.134. The van der Waals surface area contributed by atoms with E-state index in [9.17, 15) is 22.8 Å². The van der Waals surface area contributed by atoms with Crippen molar-refractivity contribution < 1.29 is 27.5 Å². The van der Waals surface area contributed by atoms with Crippen molar-refractivity contribution in [1.82, 2.24) is 5.32 Å². The number of anilines is 1. The first-order valence-electron chi connectivity index (χ1n) is 9.20. The van der Waals surface area contributed by atoms with E-state index in [0.29, 0.717) is 5.02 Å². The predicted molar refractivity (Wildman–Crippen MR) is 118 cm³/mol. The lowest BCUT2D eigenvalue weighted by atomic mass is 10.2. The van der Waals surface area contributed by atoms with Gasteiger partial charge in [0.1, 0.15) is 0 Å². The quantitative estimate of drug-likeness (QED) is 0.509. The number of sulfonamides is 1. The fourth-order valence-corrected chi connectivity index (χ4v) is 3.81. The van der Waals surface area contributed by atoms with E-state index in [1.54, 1.807) is 18.2 Å². The van der Waals surface area contributed by atoms with Crippen molar-refractivity contribution in [3.63, 3.8) is 0 Å². The van der Waals surface area contributed by atoms with Gasteiger partial charge >= 0.3 is 5.97 Å². The molecular formula is C22H17ClN2O6S. The van der Waals surface area contributed by atoms with Gasteiger partial charge in [0.05, 0.1) is 16.1 Å². The summed E-state index contributed by atoms with van der Waals surface area (Å²) in [7, 11) is -4.00. The Kier molecular flexibility index (Phi) is 7.24. The number of hydrogen-bond acceptors (Lipinski definition) is 6. The molecule has 164 valence electrons. The second-order valence-corrected chi connectivity index (χ2v) is 8.54. The van der Waals surface area contributed by atoms with Crippen LogP contribution in [0, 0.1) is 0 Å². The van der Waals surface area contributed by atoms with Gasteiger partial charge in [-0.2, -0.15) is 0 Å². The van der Waals surface area contributed by atoms with Crippen LogP contribution < -0.4 is 10.0 Å². The second-order valence-electron chi connectivity index (χ2n) is 6.42. The minimum absolute atomic E-state index is 0.0341. The Labute approximate surface area is 189 Å². The minimum atomic E-state index is -4.00. The van der Waals surface area contributed by atoms with Gasteiger partial charge in [-0.05, 0) is 48.5 Å². The van der Waals surface area contributed by atoms with Gasteiger partial charge in [-0.1, -0.05) is 41.9 Å². The Morgan fingerprint density at radius 1 is 0.844 bits per heavy atom. The molecule has 0 atom stereocenters. The normalized spacial score (nSPS) is 10.8. The van der Waals surface area contributed by atoms with Crippen LogP contribution in [-0.2, 0) is 19.6 Å². The zero-order chi connectivity index (χ0) is 23.1. The van der Waals surface area contributed by atoms with Crippen molar-refractivity contribution >= 4 is 45.1 Å². The Balaban J connectivity index is 1.66. The molecule has 0 saturated carbocycles. The zero-order valence-corrected chi connectivity index (χ0v) is 18.0. The minimum Gasteiger partial charge on any atom is -0.452 e. The molecule has 0 aliphatic rings. The number of rotatable bonds is 7. The number of carbonyl (C=O) groups excluding carboxylic acids is 3. The Morgan fingerprint density at radius 3 is 2.16 bits per heavy atom. The van der Waals surface area contributed by atoms with Crippen LogP contribution in [0.3, 0.4) is 0 Å². The highest BCUT2D eigenvalue weighted by Gasteiger charge is 2.20. The molecule has 32 heavy (non-hydrogen) atoms. The lowest BCUT2D eigenvalue weighted by Crippen LogP contribution is -2.34. The summed E-state index contributed by atoms with van der Waals surface area (Å²) in [5.74, 6) is -2.41. The topological polar surface area (TPSA) is 119 Å². The molecule has 10 heteroatoms. The van der Waals surface area contributed by atoms with Crippen molar-refractivity contribution in [2.24, 2.45) is 0 Å². The third kappa shape index (κ3) is 5.93. The largest absolute Gasteiger partial charge is 0.452 e. The summed E-state index contributed by atoms with van der Waals surface area (Å²) in [4.78, 5) is 36.3. The highest BCUT2D eigenvalue weighted by Crippen LogP contribution is 2.22. The highest BCUT2D eigenvalue weighted by molar-refractivity contribution is 7.92. The van der Waals surface area contributed by atoms with Gasteiger partial charge in [0.25, 0.3) is 21.8 Å². The molecule has 0 fully saturated rings. The number of imide groups is 1. The van der Waals surface area contributed by atoms with Crippen molar-refractivity contribution in [3.8, 4) is 0 Å². The Morgan fingerprint density at radius 2 is 1.47 bits per heavy atom. The third-order valence-electron chi connectivity index (χ3n) is 4.14. The standard InChI is InChI=1S/C22H17ClN2O6S/c23-16-10-12-17(13-11-16)32(29,30)25-19-9-5-4-8-18(19)22(28)31-14-20(26)24-21(27)15-6-2-1-3-7-15/h1-13,25H,14H2,(H,24,26,27). The maximum Gasteiger partial charge on any atom is 0.340 e. The first kappa shape index (κ1) is 23.0. The predicted octanol–water partition coefficient (Wildman–Crippen LogP) is 3.25. The van der Waals surface area contributed by atoms with E-state index in [0.717, 1.165) is 0 Å². The van der Waals surface area contributed by atoms with Crippen molar-refractivity contribution in [2.45, 2.75) is 4.90 Å². The molecule has 0 aliphatic carbocycles. The molecular weight excluding hydrogens is 456 g/mol. The molecule has 0 heterocycles. The number of halogens is 1. The molecule has 3 aromatic carbocycles. The van der Waals surface area contributed by atoms with Crippen LogP contribution >= 0.6 is 11.6 Å². The van der Waals surface area contributed by atoms with Crippen LogP contribution in [0.25, 0.3) is 0 Å². The zero-order valence-electron chi connectivity index (χ0n) is 16.4. The summed E-state index contributed by atoms with van der Waals surface area (Å²) >= 11 is 5.79. The van der Waals surface area contributed by atoms with Crippen molar-refractivity contribution in [2.75, 3.05) is 11.3 Å². The molecule has 0 unspecified atom stereocenters. The lowest BCUT2D eigenvalue weighted by Gasteiger charge is -2.12. The average molecular weight is 473 g/mol. The average Bonchev–Trinajstić information content (AvgIpc) is 2.78. The molecule has 3 aromatic rings. The number of amides is 2. The summed E-state index contributed by atoms with van der Waals surface area (Å²) in [6.07, 6.45) is 0. The fourth-order valence-electron chi connectivity index (χ4n) is 2.60. The van der Waals surface area contributed by atoms with E-state index in [2.05, 4.69) is 10.0 Å². The molecule has 0 radical (unpaired) electrons. The van der Waals surface area contributed by atoms with Crippen LogP contribution in [0.4, 0.5) is 5.69 Å². The van der Waals surface area contributed by atoms with Crippen molar-refractivity contribution in [1.29, 1.82) is 0 Å². The summed E-state index contributed by atoms with van der Waals surface area (Å²) in [6.45, 7) is -0.727. The van der Waals surface area contributed by atoms with Gasteiger partial charge in [0.2, 0.25) is 0 Å². The smallest absolute Gasteiger partial charge is 0.340 e. The van der Waals surface area contributed by atoms with E-state index in [1.165, 1.54) is 60.7 Å². The maximum atomic E-state index is 12.6. The van der Waals surface area contributed by atoms with E-state index < -0.39 is 34.4 Å². The maximum absolute atomic E-state index is 12.6. The van der Waals surface area contributed by atoms with Crippen LogP contribution in [-0.4, -0.2) is 32.8 Å². The first-order valence-corrected chi connectivity index (χ1v) is 11.1. The Bertz CT molecular complexity index is 1240. The Hall–Kier alpha value is -3.69. The van der Waals surface area contributed by atoms with Crippen LogP contribution in [0.15, 0.2) is 83.8 Å². The van der Waals surface area contributed by atoms with Gasteiger partial charge < -0.3 is 4.74 Å². The summed E-state index contributed by atoms with van der Waals surface area (Å²) in [6, 6.07) is 19.3. The molecule has 2 amide bonds. The van der Waals surface area contributed by atoms with Crippen LogP contribution in [0.2, 0.25) is 5.02 Å². The highest BCUT2D eigenvalue weighted by atomic mass is 35.5. The van der Waals surface area contributed by atoms with Gasteiger partial charge in [-0.15, -0.1) is 0 Å². The summed E-state index contributed by atoms with van der Waals surface area (Å²) in [5, 5.41) is 2.48. The molecule has 0 spiro atoms. The van der Waals surface area contributed by atoms with E-state index in [-0.39, 0.29) is 21.7 Å². The number of para-hydroxylation sites is 1. The number of hydrogen-bond donors (Lipinski definition) is 2. The number of benzene rings is 3. The van der Waals surface area contributed by atoms with Gasteiger partial charge in [0.15, 0.2) is 6.61 Å². The van der Waals surface area contributed by atoms with Crippen LogP contribution in [0.1, 0.15) is 20.7 Å². The van der Waals surface area contributed by atoms with E-state index >= 15 is 0 Å². The number of esters is 1. The number of nitrogens with one attached hydrogen (secondary N) is 2. The third-order valence-corrected chi connectivity index (χ3v) is 5.77. The van der Waals surface area contributed by atoms with E-state index in [4.69, 9.17) is 16.3 Å². The number of ether oxygens (including phenoxy) is 1. The molecule has 0 bridgehead atoms. The lowest BCUT2D eigenvalue weighted by molar-refractivity contribution is -0.123. The SMILES string of the molecule is O=C(COC(=O)c1ccccc1NS(=O)(=O)c1ccc(Cl)cc1)NC(=O)c1ccccc1. The van der Waals surface area contributed by atoms with Gasteiger partial charge in [-0.25, -0.2) is 13.2 Å². The summed E-state index contributed by atoms with van der Waals surface area (Å²) < 4.78 is 32.5. The van der Waals surface area contributed by atoms with E-state index in [1.807, 2.05) is 0 Å². The molecule has 2 N–H and O–H groups in total. The monoisotopic (exact) mass is 472 g/mol. The molecule has 3 rings (SSSR count). The molecule has 8 nitrogen and oxygen atoms in total. The van der Waals surface area contributed by atoms with Crippen molar-refractivity contribution in [3.05, 3.63) is 95.0 Å². The first-order chi connectivity index (χ1) is 15.3. The van der Waals surface area contributed by atoms with Crippen LogP contribution in [0.5, 0.6) is 0 Å². The van der Waals surface area contributed by atoms with Gasteiger partial charge in [-0.3, -0.25) is 19.6 Å².